The number of hydrogen-bond donors (Lipinski definition) is 3. The molecule has 0 aliphatic heterocycles. The van der Waals surface area contributed by atoms with E-state index in [1.54, 1.807) is 0 Å². The van der Waals surface area contributed by atoms with Gasteiger partial charge in [-0.05, 0) is 12.1 Å². The van der Waals surface area contributed by atoms with Crippen molar-refractivity contribution in [3.63, 3.8) is 0 Å². The lowest BCUT2D eigenvalue weighted by atomic mass is 10.3. The monoisotopic (exact) mass is 302 g/mol. The van der Waals surface area contributed by atoms with E-state index in [1.807, 2.05) is 0 Å². The number of aromatic nitrogens is 2. The summed E-state index contributed by atoms with van der Waals surface area (Å²) in [5.74, 6) is -2.45. The number of nitrogens with zero attached hydrogens (tertiary/aromatic N) is 1. The molecule has 0 radical (unpaired) electrons. The first-order valence-electron chi connectivity index (χ1n) is 5.61. The third-order valence-electron chi connectivity index (χ3n) is 2.53. The molecule has 2 aromatic rings. The highest BCUT2D eigenvalue weighted by Gasteiger charge is 2.24. The molecule has 0 saturated heterocycles. The van der Waals surface area contributed by atoms with Gasteiger partial charge < -0.3 is 10.7 Å². The molecule has 20 heavy (non-hydrogen) atoms. The minimum atomic E-state index is -4.28. The molecule has 0 spiro atoms. The Balaban J connectivity index is 2.14. The number of benzene rings is 1. The van der Waals surface area contributed by atoms with Gasteiger partial charge >= 0.3 is 0 Å². The minimum Gasteiger partial charge on any atom is -0.399 e. The Bertz CT molecular complexity index is 678. The highest BCUT2D eigenvalue weighted by molar-refractivity contribution is 7.89. The lowest BCUT2D eigenvalue weighted by molar-refractivity contribution is 0.515. The van der Waals surface area contributed by atoms with Crippen molar-refractivity contribution in [3.8, 4) is 0 Å². The van der Waals surface area contributed by atoms with E-state index in [9.17, 15) is 17.2 Å². The standard InChI is InChI=1S/C11H12F2N4O2S/c12-9-3-7(14)4-10(13)11(9)20(18,19)17-2-1-8-5-15-6-16-8/h3-6,17H,1-2,14H2,(H,15,16). The van der Waals surface area contributed by atoms with Gasteiger partial charge in [0.1, 0.15) is 11.6 Å². The van der Waals surface area contributed by atoms with Crippen molar-refractivity contribution in [1.82, 2.24) is 14.7 Å². The number of halogens is 2. The molecule has 0 unspecified atom stereocenters. The van der Waals surface area contributed by atoms with Gasteiger partial charge in [0, 0.05) is 30.5 Å². The molecular weight excluding hydrogens is 290 g/mol. The van der Waals surface area contributed by atoms with Crippen molar-refractivity contribution < 1.29 is 17.2 Å². The maximum atomic E-state index is 13.6. The molecule has 1 heterocycles. The summed E-state index contributed by atoms with van der Waals surface area (Å²) in [6.45, 7) is -0.0201. The second-order valence-corrected chi connectivity index (χ2v) is 5.74. The lowest BCUT2D eigenvalue weighted by Gasteiger charge is -2.09. The third kappa shape index (κ3) is 3.11. The van der Waals surface area contributed by atoms with E-state index in [4.69, 9.17) is 5.73 Å². The van der Waals surface area contributed by atoms with Crippen LogP contribution in [0.25, 0.3) is 0 Å². The van der Waals surface area contributed by atoms with Gasteiger partial charge in [-0.15, -0.1) is 0 Å². The number of hydrogen-bond acceptors (Lipinski definition) is 4. The first-order chi connectivity index (χ1) is 9.40. The van der Waals surface area contributed by atoms with Crippen molar-refractivity contribution in [1.29, 1.82) is 0 Å². The molecule has 9 heteroatoms. The predicted molar refractivity (Wildman–Crippen MR) is 68.3 cm³/mol. The normalized spacial score (nSPS) is 11.7. The van der Waals surface area contributed by atoms with Crippen LogP contribution in [-0.4, -0.2) is 24.9 Å². The Morgan fingerprint density at radius 2 is 1.95 bits per heavy atom. The zero-order valence-corrected chi connectivity index (χ0v) is 11.0. The molecular formula is C11H12F2N4O2S. The minimum absolute atomic E-state index is 0.0201. The number of sulfonamides is 1. The smallest absolute Gasteiger partial charge is 0.246 e. The highest BCUT2D eigenvalue weighted by atomic mass is 32.2. The molecule has 108 valence electrons. The van der Waals surface area contributed by atoms with E-state index >= 15 is 0 Å². The Morgan fingerprint density at radius 3 is 2.50 bits per heavy atom. The molecule has 0 aliphatic rings. The fourth-order valence-corrected chi connectivity index (χ4v) is 2.80. The maximum Gasteiger partial charge on any atom is 0.246 e. The Labute approximate surface area is 114 Å². The SMILES string of the molecule is Nc1cc(F)c(S(=O)(=O)NCCc2cnc[nH]2)c(F)c1. The Kier molecular flexibility index (Phi) is 4.00. The van der Waals surface area contributed by atoms with Gasteiger partial charge in [-0.25, -0.2) is 26.9 Å². The summed E-state index contributed by atoms with van der Waals surface area (Å²) in [6, 6.07) is 1.51. The van der Waals surface area contributed by atoms with Crippen LogP contribution in [0.2, 0.25) is 0 Å². The molecule has 4 N–H and O–H groups in total. The number of nitrogens with two attached hydrogens (primary N) is 1. The molecule has 0 atom stereocenters. The number of aromatic amines is 1. The average molecular weight is 302 g/mol. The number of anilines is 1. The van der Waals surface area contributed by atoms with Gasteiger partial charge in [0.05, 0.1) is 6.33 Å². The van der Waals surface area contributed by atoms with Crippen molar-refractivity contribution in [2.24, 2.45) is 0 Å². The third-order valence-corrected chi connectivity index (χ3v) is 4.04. The van der Waals surface area contributed by atoms with Crippen molar-refractivity contribution in [2.45, 2.75) is 11.3 Å². The molecule has 0 bridgehead atoms. The Morgan fingerprint density at radius 1 is 1.30 bits per heavy atom. The Hall–Kier alpha value is -2.00. The van der Waals surface area contributed by atoms with Gasteiger partial charge in [0.2, 0.25) is 10.0 Å². The van der Waals surface area contributed by atoms with Crippen LogP contribution in [0.15, 0.2) is 29.6 Å². The van der Waals surface area contributed by atoms with Crippen LogP contribution in [-0.2, 0) is 16.4 Å². The molecule has 6 nitrogen and oxygen atoms in total. The quantitative estimate of drug-likeness (QED) is 0.711. The van der Waals surface area contributed by atoms with Gasteiger partial charge in [-0.3, -0.25) is 0 Å². The zero-order valence-electron chi connectivity index (χ0n) is 10.2. The van der Waals surface area contributed by atoms with Gasteiger partial charge in [0.25, 0.3) is 0 Å². The molecule has 0 amide bonds. The van der Waals surface area contributed by atoms with E-state index in [0.717, 1.165) is 12.1 Å². The van der Waals surface area contributed by atoms with E-state index in [0.29, 0.717) is 12.1 Å². The van der Waals surface area contributed by atoms with Crippen LogP contribution in [0.5, 0.6) is 0 Å². The first-order valence-corrected chi connectivity index (χ1v) is 7.10. The van der Waals surface area contributed by atoms with Crippen LogP contribution in [0.1, 0.15) is 5.69 Å². The first kappa shape index (κ1) is 14.4. The summed E-state index contributed by atoms with van der Waals surface area (Å²) >= 11 is 0. The summed E-state index contributed by atoms with van der Waals surface area (Å²) < 4.78 is 52.9. The number of H-pyrrole nitrogens is 1. The largest absolute Gasteiger partial charge is 0.399 e. The summed E-state index contributed by atoms with van der Waals surface area (Å²) in [6.07, 6.45) is 3.29. The molecule has 1 aromatic heterocycles. The molecule has 0 saturated carbocycles. The van der Waals surface area contributed by atoms with Crippen LogP contribution in [0.3, 0.4) is 0 Å². The predicted octanol–water partition coefficient (Wildman–Crippen LogP) is 0.791. The van der Waals surface area contributed by atoms with Crippen LogP contribution >= 0.6 is 0 Å². The highest BCUT2D eigenvalue weighted by Crippen LogP contribution is 2.21. The maximum absolute atomic E-state index is 13.6. The van der Waals surface area contributed by atoms with E-state index in [1.165, 1.54) is 12.5 Å². The number of nitrogen functional groups attached to an aromatic ring is 1. The van der Waals surface area contributed by atoms with E-state index in [2.05, 4.69) is 14.7 Å². The summed E-state index contributed by atoms with van der Waals surface area (Å²) in [5, 5.41) is 0. The number of imidazole rings is 1. The lowest BCUT2D eigenvalue weighted by Crippen LogP contribution is -2.28. The fourth-order valence-electron chi connectivity index (χ4n) is 1.65. The van der Waals surface area contributed by atoms with Crippen LogP contribution in [0, 0.1) is 11.6 Å². The van der Waals surface area contributed by atoms with Crippen LogP contribution in [0.4, 0.5) is 14.5 Å². The van der Waals surface area contributed by atoms with E-state index in [-0.39, 0.29) is 12.2 Å². The average Bonchev–Trinajstić information content (AvgIpc) is 2.79. The summed E-state index contributed by atoms with van der Waals surface area (Å²) in [4.78, 5) is 5.52. The topological polar surface area (TPSA) is 101 Å². The summed E-state index contributed by atoms with van der Waals surface area (Å²) in [7, 11) is -4.28. The molecule has 0 fully saturated rings. The molecule has 0 aliphatic carbocycles. The second kappa shape index (κ2) is 5.55. The second-order valence-electron chi connectivity index (χ2n) is 4.04. The molecule has 1 aromatic carbocycles. The van der Waals surface area contributed by atoms with Crippen molar-refractivity contribution in [2.75, 3.05) is 12.3 Å². The van der Waals surface area contributed by atoms with Gasteiger partial charge in [-0.1, -0.05) is 0 Å². The van der Waals surface area contributed by atoms with Crippen molar-refractivity contribution >= 4 is 15.7 Å². The molecule has 2 rings (SSSR count). The van der Waals surface area contributed by atoms with Gasteiger partial charge in [0.15, 0.2) is 4.90 Å². The fraction of sp³-hybridized carbons (Fsp3) is 0.182. The van der Waals surface area contributed by atoms with E-state index < -0.39 is 26.6 Å². The number of nitrogens with one attached hydrogen (secondary N) is 2. The number of rotatable bonds is 5. The van der Waals surface area contributed by atoms with Gasteiger partial charge in [-0.2, -0.15) is 0 Å². The summed E-state index contributed by atoms with van der Waals surface area (Å²) in [5.41, 5.74) is 5.75. The van der Waals surface area contributed by atoms with Crippen LogP contribution < -0.4 is 10.5 Å². The van der Waals surface area contributed by atoms with Crippen molar-refractivity contribution in [3.05, 3.63) is 42.0 Å². The zero-order chi connectivity index (χ0) is 14.8.